The van der Waals surface area contributed by atoms with E-state index in [-0.39, 0.29) is 0 Å². The van der Waals surface area contributed by atoms with E-state index in [1.54, 1.807) is 0 Å². The number of hydrogen-bond acceptors (Lipinski definition) is 2. The minimum atomic E-state index is -0.605. The van der Waals surface area contributed by atoms with Gasteiger partial charge in [0.25, 0.3) is 0 Å². The zero-order valence-electron chi connectivity index (χ0n) is 12.8. The summed E-state index contributed by atoms with van der Waals surface area (Å²) in [5, 5.41) is 0. The second-order valence-corrected chi connectivity index (χ2v) is 5.00. The molecule has 0 aliphatic heterocycles. The van der Waals surface area contributed by atoms with Crippen molar-refractivity contribution < 1.29 is 9.47 Å². The van der Waals surface area contributed by atoms with Gasteiger partial charge in [0, 0.05) is 26.6 Å². The first-order valence-electron chi connectivity index (χ1n) is 7.81. The van der Waals surface area contributed by atoms with Crippen molar-refractivity contribution in [3.63, 3.8) is 0 Å². The molecule has 0 saturated carbocycles. The van der Waals surface area contributed by atoms with Crippen molar-refractivity contribution in [1.82, 2.24) is 0 Å². The van der Waals surface area contributed by atoms with Crippen LogP contribution in [-0.2, 0) is 9.47 Å². The van der Waals surface area contributed by atoms with E-state index in [1.165, 1.54) is 44.9 Å². The Hall–Kier alpha value is -0.0800. The molecule has 0 aromatic heterocycles. The fourth-order valence-electron chi connectivity index (χ4n) is 2.24. The van der Waals surface area contributed by atoms with E-state index < -0.39 is 5.79 Å². The molecule has 0 aromatic carbocycles. The van der Waals surface area contributed by atoms with Crippen LogP contribution < -0.4 is 0 Å². The van der Waals surface area contributed by atoms with Crippen LogP contribution in [0.4, 0.5) is 0 Å². The fourth-order valence-corrected chi connectivity index (χ4v) is 2.24. The minimum absolute atomic E-state index is 0.605. The number of unbranched alkanes of at least 4 members (excludes halogenated alkanes) is 7. The zero-order valence-corrected chi connectivity index (χ0v) is 12.8. The first-order valence-corrected chi connectivity index (χ1v) is 7.81. The van der Waals surface area contributed by atoms with E-state index in [1.807, 2.05) is 13.8 Å². The van der Waals surface area contributed by atoms with Gasteiger partial charge in [0.2, 0.25) is 0 Å². The van der Waals surface area contributed by atoms with Crippen LogP contribution in [-0.4, -0.2) is 19.0 Å². The molecule has 1 radical (unpaired) electrons. The Morgan fingerprint density at radius 1 is 0.722 bits per heavy atom. The van der Waals surface area contributed by atoms with Gasteiger partial charge in [-0.25, -0.2) is 0 Å². The van der Waals surface area contributed by atoms with Crippen LogP contribution in [0.2, 0.25) is 0 Å². The predicted octanol–water partition coefficient (Wildman–Crippen LogP) is 5.12. The Kier molecular flexibility index (Phi) is 11.9. The lowest BCUT2D eigenvalue weighted by atomic mass is 10.0. The highest BCUT2D eigenvalue weighted by atomic mass is 16.7. The van der Waals surface area contributed by atoms with Gasteiger partial charge in [-0.1, -0.05) is 51.9 Å². The van der Waals surface area contributed by atoms with Gasteiger partial charge in [0.1, 0.15) is 0 Å². The summed E-state index contributed by atoms with van der Waals surface area (Å²) in [6.45, 7) is 11.6. The van der Waals surface area contributed by atoms with Crippen molar-refractivity contribution >= 4 is 0 Å². The maximum Gasteiger partial charge on any atom is 0.168 e. The first-order chi connectivity index (χ1) is 8.68. The van der Waals surface area contributed by atoms with Gasteiger partial charge in [-0.15, -0.1) is 0 Å². The number of rotatable bonds is 13. The summed E-state index contributed by atoms with van der Waals surface area (Å²) in [7, 11) is 0. The van der Waals surface area contributed by atoms with E-state index in [0.29, 0.717) is 13.2 Å². The fraction of sp³-hybridized carbons (Fsp3) is 0.938. The lowest BCUT2D eigenvalue weighted by Crippen LogP contribution is -2.32. The molecule has 0 spiro atoms. The highest BCUT2D eigenvalue weighted by Gasteiger charge is 2.23. The molecule has 0 aliphatic carbocycles. The van der Waals surface area contributed by atoms with Crippen molar-refractivity contribution in [2.24, 2.45) is 0 Å². The van der Waals surface area contributed by atoms with E-state index in [9.17, 15) is 0 Å². The highest BCUT2D eigenvalue weighted by molar-refractivity contribution is 4.72. The maximum absolute atomic E-state index is 5.60. The summed E-state index contributed by atoms with van der Waals surface area (Å²) < 4.78 is 11.2. The molecule has 18 heavy (non-hydrogen) atoms. The molecule has 0 bridgehead atoms. The van der Waals surface area contributed by atoms with Crippen LogP contribution in [0.3, 0.4) is 0 Å². The van der Waals surface area contributed by atoms with Crippen LogP contribution in [0.5, 0.6) is 0 Å². The van der Waals surface area contributed by atoms with Gasteiger partial charge in [-0.2, -0.15) is 0 Å². The summed E-state index contributed by atoms with van der Waals surface area (Å²) in [4.78, 5) is 0. The quantitative estimate of drug-likeness (QED) is 0.337. The van der Waals surface area contributed by atoms with E-state index in [2.05, 4.69) is 13.8 Å². The normalized spacial score (nSPS) is 12.0. The molecule has 0 heterocycles. The average Bonchev–Trinajstić information content (AvgIpc) is 2.33. The van der Waals surface area contributed by atoms with Gasteiger partial charge in [0.05, 0.1) is 0 Å². The molecule has 0 fully saturated rings. The van der Waals surface area contributed by atoms with Crippen molar-refractivity contribution in [3.8, 4) is 0 Å². The Morgan fingerprint density at radius 2 is 1.17 bits per heavy atom. The molecule has 0 N–H and O–H groups in total. The highest BCUT2D eigenvalue weighted by Crippen LogP contribution is 2.21. The van der Waals surface area contributed by atoms with Crippen molar-refractivity contribution in [1.29, 1.82) is 0 Å². The Balaban J connectivity index is 3.49. The molecule has 0 atom stereocenters. The molecule has 0 aliphatic rings. The lowest BCUT2D eigenvalue weighted by Gasteiger charge is -2.29. The molecule has 2 heteroatoms. The molecule has 0 saturated heterocycles. The van der Waals surface area contributed by atoms with Crippen LogP contribution >= 0.6 is 0 Å². The Morgan fingerprint density at radius 3 is 1.61 bits per heavy atom. The maximum atomic E-state index is 5.60. The van der Waals surface area contributed by atoms with E-state index >= 15 is 0 Å². The van der Waals surface area contributed by atoms with E-state index in [4.69, 9.17) is 9.47 Å². The van der Waals surface area contributed by atoms with Crippen LogP contribution in [0.15, 0.2) is 0 Å². The van der Waals surface area contributed by atoms with Gasteiger partial charge in [-0.3, -0.25) is 0 Å². The summed E-state index contributed by atoms with van der Waals surface area (Å²) >= 11 is 0. The van der Waals surface area contributed by atoms with Crippen molar-refractivity contribution in [2.45, 2.75) is 84.3 Å². The third-order valence-corrected chi connectivity index (χ3v) is 3.23. The van der Waals surface area contributed by atoms with Gasteiger partial charge in [-0.05, 0) is 20.3 Å². The third-order valence-electron chi connectivity index (χ3n) is 3.23. The molecule has 2 nitrogen and oxygen atoms in total. The van der Waals surface area contributed by atoms with Gasteiger partial charge in [0.15, 0.2) is 5.79 Å². The summed E-state index contributed by atoms with van der Waals surface area (Å²) in [6.07, 6.45) is 11.5. The largest absolute Gasteiger partial charge is 0.350 e. The molecular weight excluding hydrogens is 224 g/mol. The van der Waals surface area contributed by atoms with Gasteiger partial charge >= 0.3 is 0 Å². The van der Waals surface area contributed by atoms with Crippen LogP contribution in [0.1, 0.15) is 78.6 Å². The Bertz CT molecular complexity index is 162. The number of ether oxygens (including phenoxy) is 2. The molecule has 0 aromatic rings. The van der Waals surface area contributed by atoms with Crippen LogP contribution in [0.25, 0.3) is 0 Å². The van der Waals surface area contributed by atoms with Gasteiger partial charge < -0.3 is 9.47 Å². The smallest absolute Gasteiger partial charge is 0.168 e. The standard InChI is InChI=1S/C16H33O2/c1-5-8-9-10-11-12-13-14-15-16(4,17-6-2)18-7-3/h4-15H2,1-3H3. The Labute approximate surface area is 114 Å². The molecule has 109 valence electrons. The zero-order chi connectivity index (χ0) is 13.7. The first kappa shape index (κ1) is 17.9. The summed E-state index contributed by atoms with van der Waals surface area (Å²) in [6, 6.07) is 0. The molecule has 0 unspecified atom stereocenters. The minimum Gasteiger partial charge on any atom is -0.350 e. The second-order valence-electron chi connectivity index (χ2n) is 5.00. The average molecular weight is 257 g/mol. The monoisotopic (exact) mass is 257 g/mol. The summed E-state index contributed by atoms with van der Waals surface area (Å²) in [5.41, 5.74) is 0. The second kappa shape index (κ2) is 12.0. The molecule has 0 amide bonds. The van der Waals surface area contributed by atoms with Crippen molar-refractivity contribution in [2.75, 3.05) is 13.2 Å². The molecular formula is C16H33O2. The van der Waals surface area contributed by atoms with E-state index in [0.717, 1.165) is 12.8 Å². The topological polar surface area (TPSA) is 18.5 Å². The lowest BCUT2D eigenvalue weighted by molar-refractivity contribution is -0.206. The SMILES string of the molecule is [CH2]C(CCCCCCCCCC)(OCC)OCC. The van der Waals surface area contributed by atoms with Crippen LogP contribution in [0, 0.1) is 6.92 Å². The van der Waals surface area contributed by atoms with Crippen molar-refractivity contribution in [3.05, 3.63) is 6.92 Å². The summed E-state index contributed by atoms with van der Waals surface area (Å²) in [5.74, 6) is -0.605. The molecule has 0 rings (SSSR count). The third kappa shape index (κ3) is 9.90. The number of hydrogen-bond donors (Lipinski definition) is 0. The predicted molar refractivity (Wildman–Crippen MR) is 78.6 cm³/mol.